The number of likely N-dealkylation sites (N-methyl/N-ethyl adjacent to an activating group) is 1. The van der Waals surface area contributed by atoms with Crippen LogP contribution < -0.4 is 15.5 Å². The number of piperazine rings is 1. The molecule has 0 bridgehead atoms. The molecule has 2 N–H and O–H groups in total. The minimum Gasteiger partial charge on any atom is -0.352 e. The number of benzene rings is 1. The van der Waals surface area contributed by atoms with Crippen molar-refractivity contribution in [2.24, 2.45) is 5.92 Å². The zero-order valence-electron chi connectivity index (χ0n) is 18.6. The first-order chi connectivity index (χ1) is 15.5. The molecule has 2 aromatic rings. The summed E-state index contributed by atoms with van der Waals surface area (Å²) in [6, 6.07) is 9.38. The monoisotopic (exact) mass is 454 g/mol. The molecular formula is C23H30N6O2S. The molecule has 0 radical (unpaired) electrons. The lowest BCUT2D eigenvalue weighted by atomic mass is 10.0. The van der Waals surface area contributed by atoms with E-state index in [0.29, 0.717) is 24.9 Å². The van der Waals surface area contributed by atoms with E-state index < -0.39 is 0 Å². The third-order valence-electron chi connectivity index (χ3n) is 5.53. The van der Waals surface area contributed by atoms with Crippen LogP contribution in [0.25, 0.3) is 11.3 Å². The molecule has 2 amide bonds. The topological polar surface area (TPSA) is 101 Å². The molecule has 1 aliphatic rings. The van der Waals surface area contributed by atoms with Gasteiger partial charge in [0.15, 0.2) is 5.13 Å². The number of carbonyl (C=O) groups excluding carboxylic acids is 2. The van der Waals surface area contributed by atoms with Crippen LogP contribution in [0.3, 0.4) is 0 Å². The van der Waals surface area contributed by atoms with Crippen molar-refractivity contribution < 1.29 is 9.59 Å². The highest BCUT2D eigenvalue weighted by Gasteiger charge is 2.17. The van der Waals surface area contributed by atoms with E-state index in [1.165, 1.54) is 0 Å². The van der Waals surface area contributed by atoms with Crippen LogP contribution >= 0.6 is 11.3 Å². The maximum atomic E-state index is 12.4. The van der Waals surface area contributed by atoms with Crippen molar-refractivity contribution in [1.82, 2.24) is 20.5 Å². The van der Waals surface area contributed by atoms with Gasteiger partial charge in [-0.05, 0) is 31.5 Å². The lowest BCUT2D eigenvalue weighted by Gasteiger charge is -2.32. The Hall–Kier alpha value is -2.96. The molecule has 0 aliphatic carbocycles. The van der Waals surface area contributed by atoms with Gasteiger partial charge >= 0.3 is 0 Å². The Morgan fingerprint density at radius 2 is 1.91 bits per heavy atom. The summed E-state index contributed by atoms with van der Waals surface area (Å²) in [6.07, 6.45) is 1.04. The highest BCUT2D eigenvalue weighted by atomic mass is 32.1. The van der Waals surface area contributed by atoms with Gasteiger partial charge in [0, 0.05) is 55.7 Å². The van der Waals surface area contributed by atoms with E-state index in [4.69, 9.17) is 10.2 Å². The van der Waals surface area contributed by atoms with Crippen LogP contribution in [0.15, 0.2) is 29.6 Å². The van der Waals surface area contributed by atoms with Gasteiger partial charge in [-0.2, -0.15) is 5.26 Å². The fourth-order valence-corrected chi connectivity index (χ4v) is 4.38. The van der Waals surface area contributed by atoms with Gasteiger partial charge in [0.2, 0.25) is 5.91 Å². The summed E-state index contributed by atoms with van der Waals surface area (Å²) in [5.41, 5.74) is 2.53. The molecule has 9 heteroatoms. The van der Waals surface area contributed by atoms with E-state index in [1.807, 2.05) is 37.3 Å². The fraction of sp³-hybridized carbons (Fsp3) is 0.478. The molecule has 32 heavy (non-hydrogen) atoms. The lowest BCUT2D eigenvalue weighted by molar-refractivity contribution is -0.121. The summed E-state index contributed by atoms with van der Waals surface area (Å²) in [5, 5.41) is 17.0. The first-order valence-corrected chi connectivity index (χ1v) is 11.8. The summed E-state index contributed by atoms with van der Waals surface area (Å²) in [4.78, 5) is 33.5. The van der Waals surface area contributed by atoms with Gasteiger partial charge in [0.05, 0.1) is 11.8 Å². The summed E-state index contributed by atoms with van der Waals surface area (Å²) in [7, 11) is 2.14. The number of anilines is 1. The molecule has 1 atom stereocenters. The summed E-state index contributed by atoms with van der Waals surface area (Å²) < 4.78 is 0. The normalized spacial score (nSPS) is 15.1. The van der Waals surface area contributed by atoms with Crippen LogP contribution in [0.2, 0.25) is 0 Å². The zero-order chi connectivity index (χ0) is 22.9. The number of thiazole rings is 1. The average molecular weight is 455 g/mol. The third-order valence-corrected chi connectivity index (χ3v) is 6.43. The van der Waals surface area contributed by atoms with Gasteiger partial charge in [0.25, 0.3) is 5.91 Å². The molecule has 1 aromatic heterocycles. The maximum Gasteiger partial charge on any atom is 0.251 e. The molecule has 170 valence electrons. The van der Waals surface area contributed by atoms with Crippen LogP contribution in [0.5, 0.6) is 0 Å². The third kappa shape index (κ3) is 6.77. The predicted octanol–water partition coefficient (Wildman–Crippen LogP) is 2.35. The second kappa shape index (κ2) is 11.6. The molecular weight excluding hydrogens is 424 g/mol. The van der Waals surface area contributed by atoms with Gasteiger partial charge in [-0.1, -0.05) is 19.1 Å². The van der Waals surface area contributed by atoms with Crippen LogP contribution in [0.4, 0.5) is 5.13 Å². The molecule has 2 heterocycles. The van der Waals surface area contributed by atoms with Crippen molar-refractivity contribution in [3.63, 3.8) is 0 Å². The highest BCUT2D eigenvalue weighted by molar-refractivity contribution is 7.14. The summed E-state index contributed by atoms with van der Waals surface area (Å²) in [5.74, 6) is -0.150. The second-order valence-electron chi connectivity index (χ2n) is 8.17. The number of hydrogen-bond donors (Lipinski definition) is 2. The van der Waals surface area contributed by atoms with Gasteiger partial charge < -0.3 is 20.4 Å². The molecule has 8 nitrogen and oxygen atoms in total. The smallest absolute Gasteiger partial charge is 0.251 e. The molecule has 0 saturated carbocycles. The van der Waals surface area contributed by atoms with E-state index >= 15 is 0 Å². The summed E-state index contributed by atoms with van der Waals surface area (Å²) in [6.45, 7) is 6.55. The number of rotatable bonds is 9. The van der Waals surface area contributed by atoms with E-state index in [9.17, 15) is 9.59 Å². The standard InChI is InChI=1S/C23H30N6O2S/c1-17(15-21(30)25-10-8-24)7-9-26-22(31)19-5-3-18(4-6-19)20-16-32-23(27-20)29-13-11-28(2)12-14-29/h3-6,16-17H,7,9-15H2,1-2H3,(H,25,30)(H,26,31). The van der Waals surface area contributed by atoms with Crippen molar-refractivity contribution >= 4 is 28.3 Å². The van der Waals surface area contributed by atoms with Crippen LogP contribution in [-0.2, 0) is 4.79 Å². The number of aromatic nitrogens is 1. The predicted molar refractivity (Wildman–Crippen MR) is 127 cm³/mol. The van der Waals surface area contributed by atoms with Gasteiger partial charge in [-0.15, -0.1) is 11.3 Å². The van der Waals surface area contributed by atoms with Crippen molar-refractivity contribution in [2.75, 3.05) is 51.2 Å². The minimum absolute atomic E-state index is 0.0242. The van der Waals surface area contributed by atoms with Gasteiger partial charge in [0.1, 0.15) is 6.54 Å². The SMILES string of the molecule is CC(CCNC(=O)c1ccc(-c2csc(N3CCN(C)CC3)n2)cc1)CC(=O)NCC#N. The largest absolute Gasteiger partial charge is 0.352 e. The molecule has 1 aromatic carbocycles. The van der Waals surface area contributed by atoms with E-state index in [0.717, 1.165) is 42.6 Å². The quantitative estimate of drug-likeness (QED) is 0.564. The number of nitriles is 1. The number of nitrogens with one attached hydrogen (secondary N) is 2. The average Bonchev–Trinajstić information content (AvgIpc) is 3.28. The zero-order valence-corrected chi connectivity index (χ0v) is 19.5. The first kappa shape index (κ1) is 23.7. The fourth-order valence-electron chi connectivity index (χ4n) is 3.50. The Morgan fingerprint density at radius 3 is 2.59 bits per heavy atom. The maximum absolute atomic E-state index is 12.4. The molecule has 1 fully saturated rings. The van der Waals surface area contributed by atoms with Crippen molar-refractivity contribution in [3.05, 3.63) is 35.2 Å². The molecule has 1 saturated heterocycles. The van der Waals surface area contributed by atoms with Crippen molar-refractivity contribution in [1.29, 1.82) is 5.26 Å². The number of amides is 2. The van der Waals surface area contributed by atoms with E-state index in [2.05, 4.69) is 32.9 Å². The second-order valence-corrected chi connectivity index (χ2v) is 9.01. The lowest BCUT2D eigenvalue weighted by Crippen LogP contribution is -2.44. The Balaban J connectivity index is 1.46. The van der Waals surface area contributed by atoms with Crippen LogP contribution in [0.1, 0.15) is 30.1 Å². The van der Waals surface area contributed by atoms with Crippen LogP contribution in [-0.4, -0.2) is 68.0 Å². The highest BCUT2D eigenvalue weighted by Crippen LogP contribution is 2.28. The Morgan fingerprint density at radius 1 is 1.19 bits per heavy atom. The number of nitrogens with zero attached hydrogens (tertiary/aromatic N) is 4. The van der Waals surface area contributed by atoms with E-state index in [1.54, 1.807) is 11.3 Å². The van der Waals surface area contributed by atoms with E-state index in [-0.39, 0.29) is 24.3 Å². The van der Waals surface area contributed by atoms with Crippen LogP contribution in [0, 0.1) is 17.2 Å². The molecule has 0 spiro atoms. The molecule has 1 aliphatic heterocycles. The summed E-state index contributed by atoms with van der Waals surface area (Å²) >= 11 is 1.66. The van der Waals surface area contributed by atoms with Gasteiger partial charge in [-0.3, -0.25) is 9.59 Å². The van der Waals surface area contributed by atoms with Gasteiger partial charge in [-0.25, -0.2) is 4.98 Å². The Bertz CT molecular complexity index is 944. The molecule has 1 unspecified atom stereocenters. The van der Waals surface area contributed by atoms with Crippen molar-refractivity contribution in [3.8, 4) is 17.3 Å². The minimum atomic E-state index is -0.140. The number of hydrogen-bond acceptors (Lipinski definition) is 7. The molecule has 3 rings (SSSR count). The Labute approximate surface area is 193 Å². The first-order valence-electron chi connectivity index (χ1n) is 10.9. The number of carbonyl (C=O) groups is 2. The van der Waals surface area contributed by atoms with Crippen molar-refractivity contribution in [2.45, 2.75) is 19.8 Å². The Kier molecular flexibility index (Phi) is 8.59.